The molecule has 2 fully saturated rings. The van der Waals surface area contributed by atoms with Crippen molar-refractivity contribution in [2.45, 2.75) is 38.1 Å². The largest absolute Gasteiger partial charge is 0.351 e. The lowest BCUT2D eigenvalue weighted by atomic mass is 9.85. The number of hydrogen-bond acceptors (Lipinski definition) is 1. The lowest BCUT2D eigenvalue weighted by Gasteiger charge is -2.30. The summed E-state index contributed by atoms with van der Waals surface area (Å²) in [5.41, 5.74) is 5.29. The van der Waals surface area contributed by atoms with E-state index in [-0.39, 0.29) is 6.03 Å². The van der Waals surface area contributed by atoms with Crippen molar-refractivity contribution in [2.24, 2.45) is 11.7 Å². The molecule has 0 radical (unpaired) electrons. The zero-order chi connectivity index (χ0) is 8.55. The van der Waals surface area contributed by atoms with Crippen LogP contribution in [0.2, 0.25) is 0 Å². The van der Waals surface area contributed by atoms with Gasteiger partial charge in [0.25, 0.3) is 0 Å². The Morgan fingerprint density at radius 1 is 1.25 bits per heavy atom. The number of nitrogens with two attached hydrogens (primary N) is 1. The maximum Gasteiger partial charge on any atom is 0.315 e. The Kier molecular flexibility index (Phi) is 1.95. The third kappa shape index (κ3) is 1.17. The van der Waals surface area contributed by atoms with E-state index in [0.29, 0.717) is 6.04 Å². The average molecular weight is 168 g/mol. The van der Waals surface area contributed by atoms with Crippen LogP contribution in [0.3, 0.4) is 0 Å². The Morgan fingerprint density at radius 3 is 2.75 bits per heavy atom. The van der Waals surface area contributed by atoms with Crippen molar-refractivity contribution < 1.29 is 4.79 Å². The Labute approximate surface area is 72.9 Å². The summed E-state index contributed by atoms with van der Waals surface area (Å²) < 4.78 is 0. The van der Waals surface area contributed by atoms with Crippen LogP contribution >= 0.6 is 0 Å². The third-order valence-corrected chi connectivity index (χ3v) is 3.29. The molecule has 0 aromatic carbocycles. The second-order valence-electron chi connectivity index (χ2n) is 3.93. The van der Waals surface area contributed by atoms with Gasteiger partial charge in [-0.05, 0) is 25.2 Å². The second-order valence-corrected chi connectivity index (χ2v) is 3.93. The van der Waals surface area contributed by atoms with E-state index in [0.717, 1.165) is 12.5 Å². The molecule has 12 heavy (non-hydrogen) atoms. The van der Waals surface area contributed by atoms with Gasteiger partial charge in [0.1, 0.15) is 0 Å². The van der Waals surface area contributed by atoms with Gasteiger partial charge in [-0.3, -0.25) is 0 Å². The number of carbonyl (C=O) groups is 1. The highest BCUT2D eigenvalue weighted by Crippen LogP contribution is 2.35. The first kappa shape index (κ1) is 7.90. The molecule has 0 aromatic rings. The van der Waals surface area contributed by atoms with Gasteiger partial charge in [0.05, 0.1) is 0 Å². The number of likely N-dealkylation sites (tertiary alicyclic amines) is 1. The van der Waals surface area contributed by atoms with Gasteiger partial charge >= 0.3 is 6.03 Å². The fourth-order valence-corrected chi connectivity index (χ4v) is 2.68. The van der Waals surface area contributed by atoms with Crippen molar-refractivity contribution in [3.63, 3.8) is 0 Å². The molecule has 1 saturated heterocycles. The van der Waals surface area contributed by atoms with Crippen LogP contribution in [0.4, 0.5) is 4.79 Å². The zero-order valence-corrected chi connectivity index (χ0v) is 7.33. The first-order chi connectivity index (χ1) is 5.79. The summed E-state index contributed by atoms with van der Waals surface area (Å²) in [6, 6.07) is 0.264. The fraction of sp³-hybridized carbons (Fsp3) is 0.889. The van der Waals surface area contributed by atoms with Crippen molar-refractivity contribution in [1.29, 1.82) is 0 Å². The van der Waals surface area contributed by atoms with E-state index < -0.39 is 0 Å². The zero-order valence-electron chi connectivity index (χ0n) is 7.33. The number of fused-ring (bicyclic) bond motifs is 1. The minimum Gasteiger partial charge on any atom is -0.351 e. The van der Waals surface area contributed by atoms with Crippen LogP contribution in [0, 0.1) is 5.92 Å². The molecule has 2 rings (SSSR count). The lowest BCUT2D eigenvalue weighted by Crippen LogP contribution is -2.42. The predicted octanol–water partition coefficient (Wildman–Crippen LogP) is 1.33. The van der Waals surface area contributed by atoms with E-state index in [9.17, 15) is 4.79 Å². The number of urea groups is 1. The first-order valence-corrected chi connectivity index (χ1v) is 4.85. The van der Waals surface area contributed by atoms with Gasteiger partial charge < -0.3 is 10.6 Å². The molecule has 0 spiro atoms. The minimum absolute atomic E-state index is 0.218. The maximum atomic E-state index is 11.0. The Hall–Kier alpha value is -0.730. The topological polar surface area (TPSA) is 46.3 Å². The molecule has 3 heteroatoms. The SMILES string of the molecule is NC(=O)N1CCC2CCCCC21. The molecule has 1 aliphatic carbocycles. The summed E-state index contributed by atoms with van der Waals surface area (Å²) in [6.45, 7) is 0.894. The maximum absolute atomic E-state index is 11.0. The molecule has 0 aromatic heterocycles. The minimum atomic E-state index is -0.218. The summed E-state index contributed by atoms with van der Waals surface area (Å²) in [4.78, 5) is 12.9. The highest BCUT2D eigenvalue weighted by molar-refractivity contribution is 5.72. The molecule has 2 aliphatic rings. The Balaban J connectivity index is 2.05. The highest BCUT2D eigenvalue weighted by Gasteiger charge is 2.37. The molecule has 0 bridgehead atoms. The predicted molar refractivity (Wildman–Crippen MR) is 46.7 cm³/mol. The Morgan fingerprint density at radius 2 is 2.00 bits per heavy atom. The molecule has 2 N–H and O–H groups in total. The second kappa shape index (κ2) is 2.96. The van der Waals surface area contributed by atoms with Crippen LogP contribution in [0.25, 0.3) is 0 Å². The van der Waals surface area contributed by atoms with Gasteiger partial charge in [0, 0.05) is 12.6 Å². The van der Waals surface area contributed by atoms with Gasteiger partial charge in [-0.2, -0.15) is 0 Å². The molecule has 1 saturated carbocycles. The first-order valence-electron chi connectivity index (χ1n) is 4.85. The van der Waals surface area contributed by atoms with E-state index >= 15 is 0 Å². The summed E-state index contributed by atoms with van der Waals surface area (Å²) in [5.74, 6) is 0.756. The van der Waals surface area contributed by atoms with Gasteiger partial charge in [-0.1, -0.05) is 12.8 Å². The fourth-order valence-electron chi connectivity index (χ4n) is 2.68. The van der Waals surface area contributed by atoms with Crippen LogP contribution in [0.15, 0.2) is 0 Å². The van der Waals surface area contributed by atoms with Crippen LogP contribution < -0.4 is 5.73 Å². The quantitative estimate of drug-likeness (QED) is 0.582. The smallest absolute Gasteiger partial charge is 0.315 e. The van der Waals surface area contributed by atoms with Crippen molar-refractivity contribution in [1.82, 2.24) is 4.90 Å². The van der Waals surface area contributed by atoms with E-state index in [1.807, 2.05) is 4.90 Å². The van der Waals surface area contributed by atoms with Gasteiger partial charge in [0.15, 0.2) is 0 Å². The summed E-state index contributed by atoms with van der Waals surface area (Å²) in [7, 11) is 0. The van der Waals surface area contributed by atoms with E-state index in [1.54, 1.807) is 0 Å². The number of rotatable bonds is 0. The normalized spacial score (nSPS) is 34.8. The van der Waals surface area contributed by atoms with Crippen molar-refractivity contribution in [3.05, 3.63) is 0 Å². The standard InChI is InChI=1S/C9H16N2O/c10-9(12)11-6-5-7-3-1-2-4-8(7)11/h7-8H,1-6H2,(H2,10,12). The number of hydrogen-bond donors (Lipinski definition) is 1. The van der Waals surface area contributed by atoms with Crippen molar-refractivity contribution in [2.75, 3.05) is 6.54 Å². The van der Waals surface area contributed by atoms with Crippen LogP contribution in [0.1, 0.15) is 32.1 Å². The molecule has 1 aliphatic heterocycles. The van der Waals surface area contributed by atoms with E-state index in [1.165, 1.54) is 32.1 Å². The number of amides is 2. The molecule has 68 valence electrons. The van der Waals surface area contributed by atoms with Crippen LogP contribution in [-0.4, -0.2) is 23.5 Å². The van der Waals surface area contributed by atoms with Crippen molar-refractivity contribution in [3.8, 4) is 0 Å². The molecule has 2 amide bonds. The number of primary amides is 1. The van der Waals surface area contributed by atoms with Crippen LogP contribution in [-0.2, 0) is 0 Å². The van der Waals surface area contributed by atoms with Crippen LogP contribution in [0.5, 0.6) is 0 Å². The molecule has 1 heterocycles. The monoisotopic (exact) mass is 168 g/mol. The molecular formula is C9H16N2O. The molecule has 2 unspecified atom stereocenters. The number of nitrogens with zero attached hydrogens (tertiary/aromatic N) is 1. The third-order valence-electron chi connectivity index (χ3n) is 3.29. The molecular weight excluding hydrogens is 152 g/mol. The molecule has 3 nitrogen and oxygen atoms in total. The number of carbonyl (C=O) groups excluding carboxylic acids is 1. The van der Waals surface area contributed by atoms with Crippen molar-refractivity contribution >= 4 is 6.03 Å². The Bertz CT molecular complexity index is 193. The highest BCUT2D eigenvalue weighted by atomic mass is 16.2. The van der Waals surface area contributed by atoms with E-state index in [4.69, 9.17) is 5.73 Å². The summed E-state index contributed by atoms with van der Waals surface area (Å²) >= 11 is 0. The lowest BCUT2D eigenvalue weighted by molar-refractivity contribution is 0.178. The molecule has 2 atom stereocenters. The summed E-state index contributed by atoms with van der Waals surface area (Å²) in [6.07, 6.45) is 6.26. The van der Waals surface area contributed by atoms with Gasteiger partial charge in [0.2, 0.25) is 0 Å². The summed E-state index contributed by atoms with van der Waals surface area (Å²) in [5, 5.41) is 0. The van der Waals surface area contributed by atoms with Gasteiger partial charge in [-0.15, -0.1) is 0 Å². The average Bonchev–Trinajstić information content (AvgIpc) is 2.47. The van der Waals surface area contributed by atoms with Gasteiger partial charge in [-0.25, -0.2) is 4.79 Å². The van der Waals surface area contributed by atoms with E-state index in [2.05, 4.69) is 0 Å².